The highest BCUT2D eigenvalue weighted by molar-refractivity contribution is 6.13. The third kappa shape index (κ3) is 2.88. The van der Waals surface area contributed by atoms with Crippen LogP contribution in [0.15, 0.2) is 60.7 Å². The van der Waals surface area contributed by atoms with Crippen LogP contribution >= 0.6 is 0 Å². The molecule has 0 amide bonds. The molecule has 0 aliphatic heterocycles. The smallest absolute Gasteiger partial charge is 0.243 e. The molecule has 3 rings (SSSR count). The molecule has 0 heterocycles. The van der Waals surface area contributed by atoms with Crippen molar-refractivity contribution in [1.29, 1.82) is 0 Å². The van der Waals surface area contributed by atoms with Crippen molar-refractivity contribution in [3.63, 3.8) is 0 Å². The summed E-state index contributed by atoms with van der Waals surface area (Å²) >= 11 is 0. The first-order chi connectivity index (χ1) is 11.2. The van der Waals surface area contributed by atoms with Crippen molar-refractivity contribution in [2.45, 2.75) is 0 Å². The Balaban J connectivity index is 2.03. The van der Waals surface area contributed by atoms with Gasteiger partial charge in [-0.25, -0.2) is 0 Å². The zero-order valence-electron chi connectivity index (χ0n) is 12.5. The monoisotopic (exact) mass is 302 g/mol. The van der Waals surface area contributed by atoms with Crippen LogP contribution in [-0.2, 0) is 0 Å². The predicted molar refractivity (Wildman–Crippen MR) is 89.8 cm³/mol. The molecular formula is C20H14O3. The number of ketones is 1. The maximum atomic E-state index is 12.3. The van der Waals surface area contributed by atoms with Crippen molar-refractivity contribution in [3.8, 4) is 23.3 Å². The minimum absolute atomic E-state index is 0.0859. The normalized spacial score (nSPS) is 9.96. The molecule has 112 valence electrons. The summed E-state index contributed by atoms with van der Waals surface area (Å²) in [5.41, 5.74) is 0.855. The average molecular weight is 302 g/mol. The molecule has 3 aromatic carbocycles. The Bertz CT molecular complexity index is 940. The van der Waals surface area contributed by atoms with Gasteiger partial charge < -0.3 is 9.84 Å². The summed E-state index contributed by atoms with van der Waals surface area (Å²) in [4.78, 5) is 12.3. The quantitative estimate of drug-likeness (QED) is 0.579. The number of phenolic OH excluding ortho intramolecular Hbond substituents is 1. The fourth-order valence-corrected chi connectivity index (χ4v) is 2.44. The largest absolute Gasteiger partial charge is 0.507 e. The number of rotatable bonds is 2. The van der Waals surface area contributed by atoms with Gasteiger partial charge in [0.1, 0.15) is 17.1 Å². The van der Waals surface area contributed by atoms with Crippen LogP contribution in [0.3, 0.4) is 0 Å². The van der Waals surface area contributed by atoms with Gasteiger partial charge in [-0.3, -0.25) is 4.79 Å². The van der Waals surface area contributed by atoms with Gasteiger partial charge in [-0.05, 0) is 34.9 Å². The van der Waals surface area contributed by atoms with E-state index in [1.54, 1.807) is 12.1 Å². The van der Waals surface area contributed by atoms with Crippen LogP contribution in [0, 0.1) is 11.8 Å². The van der Waals surface area contributed by atoms with Crippen LogP contribution in [-0.4, -0.2) is 18.0 Å². The van der Waals surface area contributed by atoms with E-state index in [-0.39, 0.29) is 11.3 Å². The van der Waals surface area contributed by atoms with Gasteiger partial charge in [-0.2, -0.15) is 0 Å². The van der Waals surface area contributed by atoms with Gasteiger partial charge >= 0.3 is 0 Å². The zero-order chi connectivity index (χ0) is 16.2. The van der Waals surface area contributed by atoms with E-state index in [1.165, 1.54) is 13.2 Å². The summed E-state index contributed by atoms with van der Waals surface area (Å²) in [6, 6.07) is 18.3. The molecule has 0 saturated heterocycles. The van der Waals surface area contributed by atoms with Crippen molar-refractivity contribution < 1.29 is 14.6 Å². The molecule has 0 aromatic heterocycles. The number of fused-ring (bicyclic) bond motifs is 1. The topological polar surface area (TPSA) is 46.5 Å². The molecule has 0 aliphatic carbocycles. The molecule has 0 radical (unpaired) electrons. The molecule has 0 spiro atoms. The van der Waals surface area contributed by atoms with Crippen LogP contribution in [0.1, 0.15) is 15.9 Å². The van der Waals surface area contributed by atoms with E-state index in [9.17, 15) is 9.90 Å². The number of Topliss-reactive ketones (excluding diaryl/α,β-unsaturated/α-hetero) is 1. The number of hydrogen-bond donors (Lipinski definition) is 1. The SMILES string of the molecule is COc1cccc(O)c1C(=O)C#Cc1cccc2ccccc12. The summed E-state index contributed by atoms with van der Waals surface area (Å²) in [5.74, 6) is 5.18. The summed E-state index contributed by atoms with van der Waals surface area (Å²) in [6.07, 6.45) is 0. The van der Waals surface area contributed by atoms with Crippen molar-refractivity contribution in [2.75, 3.05) is 7.11 Å². The maximum Gasteiger partial charge on any atom is 0.243 e. The van der Waals surface area contributed by atoms with Gasteiger partial charge in [0.15, 0.2) is 0 Å². The van der Waals surface area contributed by atoms with Crippen LogP contribution < -0.4 is 4.74 Å². The highest BCUT2D eigenvalue weighted by atomic mass is 16.5. The van der Waals surface area contributed by atoms with E-state index in [4.69, 9.17) is 4.74 Å². The number of phenols is 1. The lowest BCUT2D eigenvalue weighted by Gasteiger charge is -2.06. The molecule has 0 saturated carbocycles. The fraction of sp³-hybridized carbons (Fsp3) is 0.0500. The Morgan fingerprint density at radius 1 is 1.00 bits per heavy atom. The number of hydrogen-bond acceptors (Lipinski definition) is 3. The van der Waals surface area contributed by atoms with E-state index < -0.39 is 5.78 Å². The minimum atomic E-state index is -0.479. The number of benzene rings is 3. The molecule has 3 heteroatoms. The van der Waals surface area contributed by atoms with Gasteiger partial charge in [-0.1, -0.05) is 48.4 Å². The average Bonchev–Trinajstić information content (AvgIpc) is 2.59. The second kappa shape index (κ2) is 6.25. The summed E-state index contributed by atoms with van der Waals surface area (Å²) in [5, 5.41) is 11.9. The van der Waals surface area contributed by atoms with Gasteiger partial charge in [0.25, 0.3) is 0 Å². The number of aromatic hydroxyl groups is 1. The van der Waals surface area contributed by atoms with Gasteiger partial charge in [-0.15, -0.1) is 0 Å². The molecule has 0 bridgehead atoms. The lowest BCUT2D eigenvalue weighted by molar-refractivity contribution is 0.105. The van der Waals surface area contributed by atoms with Crippen molar-refractivity contribution in [1.82, 2.24) is 0 Å². The molecule has 3 nitrogen and oxygen atoms in total. The highest BCUT2D eigenvalue weighted by Gasteiger charge is 2.15. The number of carbonyl (C=O) groups is 1. The van der Waals surface area contributed by atoms with E-state index >= 15 is 0 Å². The van der Waals surface area contributed by atoms with Gasteiger partial charge in [0.2, 0.25) is 5.78 Å². The second-order valence-electron chi connectivity index (χ2n) is 4.96. The van der Waals surface area contributed by atoms with Crippen LogP contribution in [0.2, 0.25) is 0 Å². The Hall–Kier alpha value is -3.25. The Labute approximate surface area is 134 Å². The molecule has 23 heavy (non-hydrogen) atoms. The standard InChI is InChI=1S/C20H14O3/c1-23-19-11-5-10-17(21)20(19)18(22)13-12-15-8-4-7-14-6-2-3-9-16(14)15/h2-11,21H,1H3. The molecule has 0 aliphatic rings. The first kappa shape index (κ1) is 14.7. The van der Waals surface area contributed by atoms with Crippen LogP contribution in [0.5, 0.6) is 11.5 Å². The van der Waals surface area contributed by atoms with E-state index in [1.807, 2.05) is 42.5 Å². The first-order valence-corrected chi connectivity index (χ1v) is 7.11. The summed E-state index contributed by atoms with van der Waals surface area (Å²) in [6.45, 7) is 0. The molecule has 0 atom stereocenters. The summed E-state index contributed by atoms with van der Waals surface area (Å²) < 4.78 is 5.12. The second-order valence-corrected chi connectivity index (χ2v) is 4.96. The number of carbonyl (C=O) groups excluding carboxylic acids is 1. The summed E-state index contributed by atoms with van der Waals surface area (Å²) in [7, 11) is 1.45. The van der Waals surface area contributed by atoms with E-state index in [2.05, 4.69) is 11.8 Å². The molecular weight excluding hydrogens is 288 g/mol. The third-order valence-corrected chi connectivity index (χ3v) is 3.55. The van der Waals surface area contributed by atoms with Crippen molar-refractivity contribution in [2.24, 2.45) is 0 Å². The number of methoxy groups -OCH3 is 1. The molecule has 3 aromatic rings. The minimum Gasteiger partial charge on any atom is -0.507 e. The fourth-order valence-electron chi connectivity index (χ4n) is 2.44. The van der Waals surface area contributed by atoms with E-state index in [0.717, 1.165) is 16.3 Å². The molecule has 1 N–H and O–H groups in total. The lowest BCUT2D eigenvalue weighted by Crippen LogP contribution is -2.00. The highest BCUT2D eigenvalue weighted by Crippen LogP contribution is 2.27. The Kier molecular flexibility index (Phi) is 3.99. The van der Waals surface area contributed by atoms with Crippen molar-refractivity contribution in [3.05, 3.63) is 71.8 Å². The van der Waals surface area contributed by atoms with Crippen LogP contribution in [0.25, 0.3) is 10.8 Å². The maximum absolute atomic E-state index is 12.3. The third-order valence-electron chi connectivity index (χ3n) is 3.55. The Morgan fingerprint density at radius 2 is 1.74 bits per heavy atom. The Morgan fingerprint density at radius 3 is 2.57 bits per heavy atom. The lowest BCUT2D eigenvalue weighted by atomic mass is 10.0. The number of ether oxygens (including phenoxy) is 1. The molecule has 0 fully saturated rings. The predicted octanol–water partition coefficient (Wildman–Crippen LogP) is 3.79. The van der Waals surface area contributed by atoms with Crippen LogP contribution in [0.4, 0.5) is 0 Å². The zero-order valence-corrected chi connectivity index (χ0v) is 12.5. The van der Waals surface area contributed by atoms with Gasteiger partial charge in [0.05, 0.1) is 7.11 Å². The van der Waals surface area contributed by atoms with Crippen molar-refractivity contribution >= 4 is 16.6 Å². The van der Waals surface area contributed by atoms with E-state index in [0.29, 0.717) is 5.75 Å². The first-order valence-electron chi connectivity index (χ1n) is 7.11. The van der Waals surface area contributed by atoms with Gasteiger partial charge in [0, 0.05) is 5.56 Å². The molecule has 0 unspecified atom stereocenters.